The summed E-state index contributed by atoms with van der Waals surface area (Å²) in [7, 11) is 0. The fourth-order valence-corrected chi connectivity index (χ4v) is 4.26. The summed E-state index contributed by atoms with van der Waals surface area (Å²) in [5, 5.41) is 33.8. The number of phenols is 1. The maximum absolute atomic E-state index is 13.3. The summed E-state index contributed by atoms with van der Waals surface area (Å²) in [4.78, 5) is 51.8. The number of hydrogen-bond donors (Lipinski definition) is 6. The van der Waals surface area contributed by atoms with Crippen LogP contribution in [0.3, 0.4) is 0 Å². The fourth-order valence-electron chi connectivity index (χ4n) is 4.26. The molecule has 4 unspecified atom stereocenters. The van der Waals surface area contributed by atoms with Crippen LogP contribution >= 0.6 is 0 Å². The van der Waals surface area contributed by atoms with Gasteiger partial charge in [0.2, 0.25) is 17.7 Å². The summed E-state index contributed by atoms with van der Waals surface area (Å²) in [6, 6.07) is 10.6. The van der Waals surface area contributed by atoms with Gasteiger partial charge in [0, 0.05) is 13.0 Å². The number of hydrogen-bond acceptors (Lipinski definition) is 7. The van der Waals surface area contributed by atoms with Gasteiger partial charge in [-0.1, -0.05) is 42.5 Å². The van der Waals surface area contributed by atoms with Crippen LogP contribution in [0.5, 0.6) is 5.75 Å². The number of aromatic hydroxyl groups is 1. The van der Waals surface area contributed by atoms with Gasteiger partial charge in [0.25, 0.3) is 0 Å². The van der Waals surface area contributed by atoms with Crippen molar-refractivity contribution in [2.75, 3.05) is 13.2 Å². The third kappa shape index (κ3) is 7.51. The van der Waals surface area contributed by atoms with E-state index in [1.807, 2.05) is 30.3 Å². The molecule has 3 amide bonds. The van der Waals surface area contributed by atoms with E-state index in [1.54, 1.807) is 12.1 Å². The van der Waals surface area contributed by atoms with Gasteiger partial charge in [-0.3, -0.25) is 14.4 Å². The predicted molar refractivity (Wildman–Crippen MR) is 133 cm³/mol. The van der Waals surface area contributed by atoms with Gasteiger partial charge in [-0.25, -0.2) is 4.79 Å². The van der Waals surface area contributed by atoms with Crippen LogP contribution in [0.1, 0.15) is 24.0 Å². The monoisotopic (exact) mass is 512 g/mol. The summed E-state index contributed by atoms with van der Waals surface area (Å²) in [6.45, 7) is -0.510. The van der Waals surface area contributed by atoms with Gasteiger partial charge in [0.15, 0.2) is 0 Å². The van der Waals surface area contributed by atoms with Crippen LogP contribution in [-0.2, 0) is 32.0 Å². The topological polar surface area (TPSA) is 182 Å². The second-order valence-electron chi connectivity index (χ2n) is 9.00. The molecule has 7 N–H and O–H groups in total. The van der Waals surface area contributed by atoms with Crippen LogP contribution in [0.4, 0.5) is 0 Å². The first-order chi connectivity index (χ1) is 17.7. The van der Waals surface area contributed by atoms with Crippen molar-refractivity contribution in [3.63, 3.8) is 0 Å². The van der Waals surface area contributed by atoms with E-state index in [9.17, 15) is 34.5 Å². The van der Waals surface area contributed by atoms with Gasteiger partial charge >= 0.3 is 5.97 Å². The number of aliphatic carboxylic acids is 1. The lowest BCUT2D eigenvalue weighted by molar-refractivity contribution is -0.149. The third-order valence-electron chi connectivity index (χ3n) is 6.26. The Balaban J connectivity index is 1.72. The number of benzene rings is 2. The highest BCUT2D eigenvalue weighted by atomic mass is 16.4. The zero-order valence-electron chi connectivity index (χ0n) is 20.2. The molecule has 11 heteroatoms. The van der Waals surface area contributed by atoms with Crippen LogP contribution in [-0.4, -0.2) is 81.2 Å². The zero-order valence-corrected chi connectivity index (χ0v) is 20.2. The molecule has 3 rings (SSSR count). The standard InChI is InChI=1S/C26H32N4O7/c27-19(13-16-5-2-1-3-6-16)23(33)29-21(15-31)24(34)28-20(14-17-8-10-18(32)11-9-17)25(35)30-12-4-7-22(30)26(36)37/h1-3,5-6,8-11,19-22,31-32H,4,7,12-15,27H2,(H,28,34)(H,29,33)(H,36,37). The van der Waals surface area contributed by atoms with E-state index < -0.39 is 54.5 Å². The van der Waals surface area contributed by atoms with E-state index in [0.717, 1.165) is 5.56 Å². The van der Waals surface area contributed by atoms with Gasteiger partial charge < -0.3 is 36.6 Å². The van der Waals surface area contributed by atoms with Crippen molar-refractivity contribution in [1.82, 2.24) is 15.5 Å². The lowest BCUT2D eigenvalue weighted by atomic mass is 10.0. The van der Waals surface area contributed by atoms with E-state index in [4.69, 9.17) is 5.73 Å². The number of aliphatic hydroxyl groups excluding tert-OH is 1. The van der Waals surface area contributed by atoms with Gasteiger partial charge in [-0.2, -0.15) is 0 Å². The van der Waals surface area contributed by atoms with Gasteiger partial charge in [-0.15, -0.1) is 0 Å². The molecule has 2 aromatic rings. The Morgan fingerprint density at radius 3 is 2.16 bits per heavy atom. The minimum atomic E-state index is -1.38. The molecule has 1 aliphatic rings. The SMILES string of the molecule is NC(Cc1ccccc1)C(=O)NC(CO)C(=O)NC(Cc1ccc(O)cc1)C(=O)N1CCCC1C(=O)O. The first-order valence-electron chi connectivity index (χ1n) is 12.0. The number of aliphatic hydroxyl groups is 1. The average molecular weight is 513 g/mol. The molecule has 2 aromatic carbocycles. The van der Waals surface area contributed by atoms with Crippen molar-refractivity contribution < 1.29 is 34.5 Å². The van der Waals surface area contributed by atoms with Crippen molar-refractivity contribution in [2.24, 2.45) is 5.73 Å². The molecule has 4 atom stereocenters. The van der Waals surface area contributed by atoms with Crippen molar-refractivity contribution in [3.8, 4) is 5.75 Å². The molecule has 0 bridgehead atoms. The number of rotatable bonds is 11. The van der Waals surface area contributed by atoms with E-state index in [2.05, 4.69) is 10.6 Å². The Hall–Kier alpha value is -3.96. The Bertz CT molecular complexity index is 1090. The molecule has 0 saturated carbocycles. The van der Waals surface area contributed by atoms with E-state index in [0.29, 0.717) is 18.4 Å². The minimum Gasteiger partial charge on any atom is -0.508 e. The Morgan fingerprint density at radius 1 is 0.919 bits per heavy atom. The molecule has 198 valence electrons. The van der Waals surface area contributed by atoms with E-state index in [1.165, 1.54) is 17.0 Å². The van der Waals surface area contributed by atoms with Crippen LogP contribution < -0.4 is 16.4 Å². The number of carboxylic acids is 1. The Labute approximate surface area is 214 Å². The summed E-state index contributed by atoms with van der Waals surface area (Å²) in [5.41, 5.74) is 7.42. The third-order valence-corrected chi connectivity index (χ3v) is 6.26. The van der Waals surface area contributed by atoms with Crippen LogP contribution in [0.2, 0.25) is 0 Å². The number of carboxylic acid groups (broad SMARTS) is 1. The van der Waals surface area contributed by atoms with E-state index in [-0.39, 0.29) is 25.1 Å². The summed E-state index contributed by atoms with van der Waals surface area (Å²) < 4.78 is 0. The zero-order chi connectivity index (χ0) is 26.9. The number of nitrogens with one attached hydrogen (secondary N) is 2. The minimum absolute atomic E-state index is 0.00725. The maximum Gasteiger partial charge on any atom is 0.326 e. The fraction of sp³-hybridized carbons (Fsp3) is 0.385. The predicted octanol–water partition coefficient (Wildman–Crippen LogP) is -0.458. The highest BCUT2D eigenvalue weighted by Gasteiger charge is 2.38. The normalized spacial score (nSPS) is 17.5. The number of nitrogens with zero attached hydrogens (tertiary/aromatic N) is 1. The average Bonchev–Trinajstić information content (AvgIpc) is 3.38. The highest BCUT2D eigenvalue weighted by molar-refractivity contribution is 5.94. The largest absolute Gasteiger partial charge is 0.508 e. The molecule has 1 heterocycles. The lowest BCUT2D eigenvalue weighted by Gasteiger charge is -2.28. The number of likely N-dealkylation sites (tertiary alicyclic amines) is 1. The van der Waals surface area contributed by atoms with Crippen LogP contribution in [0.25, 0.3) is 0 Å². The summed E-state index contributed by atoms with van der Waals surface area (Å²) in [5.74, 6) is -3.16. The molecule has 37 heavy (non-hydrogen) atoms. The molecular formula is C26H32N4O7. The smallest absolute Gasteiger partial charge is 0.326 e. The molecular weight excluding hydrogens is 480 g/mol. The molecule has 1 aliphatic heterocycles. The number of phenolic OH excluding ortho intramolecular Hbond substituents is 1. The first-order valence-corrected chi connectivity index (χ1v) is 12.0. The lowest BCUT2D eigenvalue weighted by Crippen LogP contribution is -2.58. The first kappa shape index (κ1) is 27.6. The molecule has 0 radical (unpaired) electrons. The van der Waals surface area contributed by atoms with E-state index >= 15 is 0 Å². The molecule has 0 aliphatic carbocycles. The summed E-state index contributed by atoms with van der Waals surface area (Å²) >= 11 is 0. The maximum atomic E-state index is 13.3. The summed E-state index contributed by atoms with van der Waals surface area (Å²) in [6.07, 6.45) is 1.04. The van der Waals surface area contributed by atoms with Gasteiger partial charge in [0.05, 0.1) is 12.6 Å². The number of nitrogens with two attached hydrogens (primary N) is 1. The van der Waals surface area contributed by atoms with Crippen LogP contribution in [0, 0.1) is 0 Å². The number of carbonyl (C=O) groups is 4. The molecule has 0 spiro atoms. The van der Waals surface area contributed by atoms with Gasteiger partial charge in [0.1, 0.15) is 23.9 Å². The molecule has 1 saturated heterocycles. The number of carbonyl (C=O) groups excluding carboxylic acids is 3. The molecule has 11 nitrogen and oxygen atoms in total. The van der Waals surface area contributed by atoms with Crippen LogP contribution in [0.15, 0.2) is 54.6 Å². The highest BCUT2D eigenvalue weighted by Crippen LogP contribution is 2.20. The van der Waals surface area contributed by atoms with Crippen molar-refractivity contribution in [2.45, 2.75) is 49.9 Å². The Kier molecular flexibility index (Phi) is 9.58. The Morgan fingerprint density at radius 2 is 1.54 bits per heavy atom. The second kappa shape index (κ2) is 12.8. The molecule has 1 fully saturated rings. The molecule has 0 aromatic heterocycles. The van der Waals surface area contributed by atoms with Crippen molar-refractivity contribution in [3.05, 3.63) is 65.7 Å². The number of amides is 3. The van der Waals surface area contributed by atoms with Gasteiger partial charge in [-0.05, 0) is 42.5 Å². The van der Waals surface area contributed by atoms with Crippen molar-refractivity contribution >= 4 is 23.7 Å². The van der Waals surface area contributed by atoms with Crippen molar-refractivity contribution in [1.29, 1.82) is 0 Å². The second-order valence-corrected chi connectivity index (χ2v) is 9.00. The quantitative estimate of drug-likeness (QED) is 0.234.